The van der Waals surface area contributed by atoms with E-state index < -0.39 is 0 Å². The Hall–Kier alpha value is -0.780. The molecule has 0 aliphatic carbocycles. The van der Waals surface area contributed by atoms with Crippen LogP contribution in [-0.4, -0.2) is 0 Å². The van der Waals surface area contributed by atoms with Crippen molar-refractivity contribution in [1.82, 2.24) is 0 Å². The lowest BCUT2D eigenvalue weighted by Crippen LogP contribution is -2.09. The lowest BCUT2D eigenvalue weighted by atomic mass is 9.83. The largest absolute Gasteiger partial charge is 0.0651 e. The van der Waals surface area contributed by atoms with Crippen LogP contribution in [-0.2, 0) is 6.42 Å². The molecule has 1 aromatic rings. The monoisotopic (exact) mass is 246 g/mol. The lowest BCUT2D eigenvalue weighted by Gasteiger charge is -2.23. The van der Waals surface area contributed by atoms with Gasteiger partial charge in [-0.15, -0.1) is 0 Å². The van der Waals surface area contributed by atoms with E-state index in [0.29, 0.717) is 11.8 Å². The summed E-state index contributed by atoms with van der Waals surface area (Å²) in [4.78, 5) is 0. The molecule has 0 bridgehead atoms. The van der Waals surface area contributed by atoms with Gasteiger partial charge in [-0.3, -0.25) is 0 Å². The molecule has 0 nitrogen and oxygen atoms in total. The summed E-state index contributed by atoms with van der Waals surface area (Å²) in [6, 6.07) is 6.89. The molecular formula is C18H30. The van der Waals surface area contributed by atoms with Crippen LogP contribution in [0.1, 0.15) is 82.9 Å². The first-order chi connectivity index (χ1) is 8.51. The number of benzene rings is 1. The standard InChI is InChI=1S/C18H30/c1-7-15(8-2)12-18-16(13(3)4)10-9-11-17(18)14(5)6/h9-11,13-15H,7-8,12H2,1-6H3. The molecule has 0 heteroatoms. The van der Waals surface area contributed by atoms with Gasteiger partial charge in [0.2, 0.25) is 0 Å². The second-order valence-corrected chi connectivity index (χ2v) is 6.11. The lowest BCUT2D eigenvalue weighted by molar-refractivity contribution is 0.485. The molecule has 0 spiro atoms. The van der Waals surface area contributed by atoms with Crippen LogP contribution < -0.4 is 0 Å². The molecule has 18 heavy (non-hydrogen) atoms. The summed E-state index contributed by atoms with van der Waals surface area (Å²) < 4.78 is 0. The van der Waals surface area contributed by atoms with Crippen LogP contribution in [0.4, 0.5) is 0 Å². The number of rotatable bonds is 6. The molecule has 0 N–H and O–H groups in total. The Labute approximate surface area is 114 Å². The van der Waals surface area contributed by atoms with Crippen molar-refractivity contribution in [3.05, 3.63) is 34.9 Å². The molecule has 0 heterocycles. The smallest absolute Gasteiger partial charge is 0.0216 e. The van der Waals surface area contributed by atoms with E-state index in [-0.39, 0.29) is 0 Å². The molecule has 0 saturated heterocycles. The minimum atomic E-state index is 0.632. The van der Waals surface area contributed by atoms with E-state index in [9.17, 15) is 0 Å². The normalized spacial score (nSPS) is 11.8. The minimum Gasteiger partial charge on any atom is -0.0651 e. The summed E-state index contributed by atoms with van der Waals surface area (Å²) in [6.45, 7) is 13.9. The molecule has 0 atom stereocenters. The van der Waals surface area contributed by atoms with Gasteiger partial charge < -0.3 is 0 Å². The first kappa shape index (κ1) is 15.3. The average molecular weight is 246 g/mol. The van der Waals surface area contributed by atoms with Crippen LogP contribution in [0, 0.1) is 5.92 Å². The zero-order valence-electron chi connectivity index (χ0n) is 13.1. The maximum atomic E-state index is 2.33. The molecule has 0 radical (unpaired) electrons. The first-order valence-electron chi connectivity index (χ1n) is 7.62. The van der Waals surface area contributed by atoms with E-state index in [1.807, 2.05) is 0 Å². The SMILES string of the molecule is CCC(CC)Cc1c(C(C)C)cccc1C(C)C. The third-order valence-corrected chi connectivity index (χ3v) is 4.14. The van der Waals surface area contributed by atoms with Crippen LogP contribution in [0.2, 0.25) is 0 Å². The summed E-state index contributed by atoms with van der Waals surface area (Å²) in [5.74, 6) is 2.10. The topological polar surface area (TPSA) is 0 Å². The Bertz CT molecular complexity index is 330. The first-order valence-corrected chi connectivity index (χ1v) is 7.62. The highest BCUT2D eigenvalue weighted by atomic mass is 14.2. The van der Waals surface area contributed by atoms with Crippen molar-refractivity contribution in [3.63, 3.8) is 0 Å². The van der Waals surface area contributed by atoms with E-state index >= 15 is 0 Å². The van der Waals surface area contributed by atoms with Crippen LogP contribution in [0.15, 0.2) is 18.2 Å². The molecular weight excluding hydrogens is 216 g/mol. The maximum absolute atomic E-state index is 2.33. The highest BCUT2D eigenvalue weighted by molar-refractivity contribution is 5.39. The fraction of sp³-hybridized carbons (Fsp3) is 0.667. The molecule has 102 valence electrons. The summed E-state index contributed by atoms with van der Waals surface area (Å²) in [7, 11) is 0. The zero-order chi connectivity index (χ0) is 13.7. The quantitative estimate of drug-likeness (QED) is 0.585. The highest BCUT2D eigenvalue weighted by Gasteiger charge is 2.16. The second-order valence-electron chi connectivity index (χ2n) is 6.11. The van der Waals surface area contributed by atoms with Crippen LogP contribution in [0.5, 0.6) is 0 Å². The van der Waals surface area contributed by atoms with Crippen molar-refractivity contribution >= 4 is 0 Å². The van der Waals surface area contributed by atoms with Crippen molar-refractivity contribution in [1.29, 1.82) is 0 Å². The van der Waals surface area contributed by atoms with E-state index in [2.05, 4.69) is 59.7 Å². The van der Waals surface area contributed by atoms with E-state index in [0.717, 1.165) is 5.92 Å². The predicted octanol–water partition coefficient (Wildman–Crippen LogP) is 5.91. The summed E-state index contributed by atoms with van der Waals surface area (Å²) in [5, 5.41) is 0. The van der Waals surface area contributed by atoms with Crippen molar-refractivity contribution in [2.75, 3.05) is 0 Å². The Morgan fingerprint density at radius 3 is 1.61 bits per heavy atom. The molecule has 0 aliphatic rings. The number of hydrogen-bond donors (Lipinski definition) is 0. The zero-order valence-corrected chi connectivity index (χ0v) is 13.1. The molecule has 0 fully saturated rings. The summed E-state index contributed by atoms with van der Waals surface area (Å²) >= 11 is 0. The van der Waals surface area contributed by atoms with Gasteiger partial charge in [-0.25, -0.2) is 0 Å². The van der Waals surface area contributed by atoms with Gasteiger partial charge >= 0.3 is 0 Å². The van der Waals surface area contributed by atoms with Gasteiger partial charge in [-0.1, -0.05) is 72.6 Å². The predicted molar refractivity (Wildman–Crippen MR) is 82.4 cm³/mol. The Balaban J connectivity index is 3.18. The fourth-order valence-electron chi connectivity index (χ4n) is 2.81. The van der Waals surface area contributed by atoms with Crippen molar-refractivity contribution in [2.24, 2.45) is 5.92 Å². The maximum Gasteiger partial charge on any atom is -0.0216 e. The third kappa shape index (κ3) is 3.60. The van der Waals surface area contributed by atoms with Crippen molar-refractivity contribution < 1.29 is 0 Å². The molecule has 0 unspecified atom stereocenters. The van der Waals surface area contributed by atoms with Crippen LogP contribution in [0.25, 0.3) is 0 Å². The Morgan fingerprint density at radius 1 is 0.833 bits per heavy atom. The van der Waals surface area contributed by atoms with Crippen molar-refractivity contribution in [3.8, 4) is 0 Å². The molecule has 0 aromatic heterocycles. The van der Waals surface area contributed by atoms with Gasteiger partial charge in [0.1, 0.15) is 0 Å². The third-order valence-electron chi connectivity index (χ3n) is 4.14. The van der Waals surface area contributed by atoms with Gasteiger partial charge in [0.25, 0.3) is 0 Å². The molecule has 1 rings (SSSR count). The van der Waals surface area contributed by atoms with E-state index in [1.54, 1.807) is 16.7 Å². The van der Waals surface area contributed by atoms with Gasteiger partial charge in [0.05, 0.1) is 0 Å². The second kappa shape index (κ2) is 6.97. The van der Waals surface area contributed by atoms with Gasteiger partial charge in [0, 0.05) is 0 Å². The van der Waals surface area contributed by atoms with Gasteiger partial charge in [-0.05, 0) is 40.9 Å². The van der Waals surface area contributed by atoms with E-state index in [1.165, 1.54) is 19.3 Å². The van der Waals surface area contributed by atoms with Crippen molar-refractivity contribution in [2.45, 2.75) is 72.6 Å². The summed E-state index contributed by atoms with van der Waals surface area (Å²) in [5.41, 5.74) is 4.76. The summed E-state index contributed by atoms with van der Waals surface area (Å²) in [6.07, 6.45) is 3.84. The Morgan fingerprint density at radius 2 is 1.28 bits per heavy atom. The Kier molecular flexibility index (Phi) is 5.91. The highest BCUT2D eigenvalue weighted by Crippen LogP contribution is 2.30. The molecule has 1 aromatic carbocycles. The van der Waals surface area contributed by atoms with Gasteiger partial charge in [0.15, 0.2) is 0 Å². The number of hydrogen-bond acceptors (Lipinski definition) is 0. The molecule has 0 amide bonds. The van der Waals surface area contributed by atoms with Crippen LogP contribution in [0.3, 0.4) is 0 Å². The van der Waals surface area contributed by atoms with Gasteiger partial charge in [-0.2, -0.15) is 0 Å². The average Bonchev–Trinajstić information content (AvgIpc) is 2.35. The van der Waals surface area contributed by atoms with Crippen LogP contribution >= 0.6 is 0 Å². The fourth-order valence-corrected chi connectivity index (χ4v) is 2.81. The minimum absolute atomic E-state index is 0.632. The molecule has 0 saturated carbocycles. The molecule has 0 aliphatic heterocycles. The van der Waals surface area contributed by atoms with E-state index in [4.69, 9.17) is 0 Å².